The molecule has 0 atom stereocenters. The van der Waals surface area contributed by atoms with Crippen molar-refractivity contribution in [3.63, 3.8) is 0 Å². The number of fused-ring (bicyclic) bond motifs is 10. The number of nitrogens with one attached hydrogen (secondary N) is 1. The molecule has 1 nitrogen and oxygen atoms in total. The summed E-state index contributed by atoms with van der Waals surface area (Å²) in [5.41, 5.74) is 15.1. The number of anilines is 2. The van der Waals surface area contributed by atoms with Crippen molar-refractivity contribution < 1.29 is 0 Å². The standard InChI is InChI=1S/C37H25N/c1-2-10-25(11-3-1)26-18-20-27(21-19-26)38-28-22-23-32-31-14-6-9-17-35(31)37(36(32)24-28)33-15-7-4-12-29(33)30-13-5-8-16-34(30)37/h1-24,38H. The molecule has 0 radical (unpaired) electrons. The van der Waals surface area contributed by atoms with Crippen LogP contribution >= 0.6 is 0 Å². The molecule has 8 rings (SSSR count). The highest BCUT2D eigenvalue weighted by Crippen LogP contribution is 2.62. The second kappa shape index (κ2) is 8.06. The lowest BCUT2D eigenvalue weighted by Gasteiger charge is -2.30. The zero-order valence-corrected chi connectivity index (χ0v) is 20.9. The number of benzene rings is 6. The van der Waals surface area contributed by atoms with Crippen LogP contribution in [0.2, 0.25) is 0 Å². The average molecular weight is 484 g/mol. The van der Waals surface area contributed by atoms with E-state index >= 15 is 0 Å². The summed E-state index contributed by atoms with van der Waals surface area (Å²) in [5.74, 6) is 0. The molecule has 0 aromatic heterocycles. The van der Waals surface area contributed by atoms with Gasteiger partial charge in [0.2, 0.25) is 0 Å². The summed E-state index contributed by atoms with van der Waals surface area (Å²) in [5, 5.41) is 3.69. The van der Waals surface area contributed by atoms with E-state index in [0.29, 0.717) is 0 Å². The molecule has 38 heavy (non-hydrogen) atoms. The Morgan fingerprint density at radius 1 is 0.342 bits per heavy atom. The van der Waals surface area contributed by atoms with Crippen LogP contribution in [-0.4, -0.2) is 0 Å². The summed E-state index contributed by atoms with van der Waals surface area (Å²) in [6.07, 6.45) is 0. The molecule has 0 unspecified atom stereocenters. The highest BCUT2D eigenvalue weighted by atomic mass is 14.9. The van der Waals surface area contributed by atoms with Gasteiger partial charge in [-0.25, -0.2) is 0 Å². The lowest BCUT2D eigenvalue weighted by atomic mass is 9.70. The van der Waals surface area contributed by atoms with Crippen LogP contribution < -0.4 is 5.32 Å². The number of hydrogen-bond acceptors (Lipinski definition) is 1. The molecule has 0 fully saturated rings. The summed E-state index contributed by atoms with van der Waals surface area (Å²) < 4.78 is 0. The van der Waals surface area contributed by atoms with E-state index in [1.54, 1.807) is 0 Å². The van der Waals surface area contributed by atoms with Gasteiger partial charge in [-0.2, -0.15) is 0 Å². The molecule has 6 aromatic rings. The summed E-state index contributed by atoms with van der Waals surface area (Å²) in [4.78, 5) is 0. The van der Waals surface area contributed by atoms with Gasteiger partial charge in [-0.15, -0.1) is 0 Å². The van der Waals surface area contributed by atoms with Crippen LogP contribution in [0, 0.1) is 0 Å². The smallest absolute Gasteiger partial charge is 0.0726 e. The maximum atomic E-state index is 3.69. The molecule has 0 saturated carbocycles. The Bertz CT molecular complexity index is 1770. The van der Waals surface area contributed by atoms with Crippen LogP contribution in [-0.2, 0) is 5.41 Å². The Morgan fingerprint density at radius 3 is 1.37 bits per heavy atom. The molecule has 1 heteroatoms. The average Bonchev–Trinajstić information content (AvgIpc) is 3.45. The van der Waals surface area contributed by atoms with Crippen molar-refractivity contribution in [3.8, 4) is 33.4 Å². The molecule has 0 saturated heterocycles. The molecule has 2 aliphatic carbocycles. The first-order valence-corrected chi connectivity index (χ1v) is 13.2. The lowest BCUT2D eigenvalue weighted by Crippen LogP contribution is -2.25. The predicted octanol–water partition coefficient (Wildman–Crippen LogP) is 9.44. The Balaban J connectivity index is 1.28. The number of rotatable bonds is 3. The van der Waals surface area contributed by atoms with Crippen LogP contribution in [0.3, 0.4) is 0 Å². The van der Waals surface area contributed by atoms with E-state index in [-0.39, 0.29) is 5.41 Å². The minimum atomic E-state index is -0.312. The van der Waals surface area contributed by atoms with Gasteiger partial charge < -0.3 is 5.32 Å². The third kappa shape index (κ3) is 2.87. The molecular weight excluding hydrogens is 458 g/mol. The van der Waals surface area contributed by atoms with Crippen LogP contribution in [0.1, 0.15) is 22.3 Å². The lowest BCUT2D eigenvalue weighted by molar-refractivity contribution is 0.794. The fraction of sp³-hybridized carbons (Fsp3) is 0.0270. The van der Waals surface area contributed by atoms with Gasteiger partial charge in [0.1, 0.15) is 0 Å². The van der Waals surface area contributed by atoms with Crippen molar-refractivity contribution in [2.24, 2.45) is 0 Å². The zero-order valence-electron chi connectivity index (χ0n) is 20.9. The summed E-state index contributed by atoms with van der Waals surface area (Å²) in [7, 11) is 0. The molecular formula is C37H25N. The first-order chi connectivity index (χ1) is 18.8. The maximum absolute atomic E-state index is 3.69. The third-order valence-corrected chi connectivity index (χ3v) is 8.28. The topological polar surface area (TPSA) is 12.0 Å². The molecule has 0 amide bonds. The molecule has 1 spiro atoms. The van der Waals surface area contributed by atoms with Gasteiger partial charge in [0.05, 0.1) is 5.41 Å². The van der Waals surface area contributed by atoms with E-state index in [9.17, 15) is 0 Å². The second-order valence-corrected chi connectivity index (χ2v) is 10.2. The molecule has 1 N–H and O–H groups in total. The van der Waals surface area contributed by atoms with E-state index < -0.39 is 0 Å². The van der Waals surface area contributed by atoms with Gasteiger partial charge >= 0.3 is 0 Å². The minimum absolute atomic E-state index is 0.312. The minimum Gasteiger partial charge on any atom is -0.356 e. The molecule has 0 bridgehead atoms. The Labute approximate surface area is 223 Å². The van der Waals surface area contributed by atoms with Gasteiger partial charge in [-0.05, 0) is 79.9 Å². The monoisotopic (exact) mass is 483 g/mol. The van der Waals surface area contributed by atoms with Crippen molar-refractivity contribution in [3.05, 3.63) is 168 Å². The van der Waals surface area contributed by atoms with Gasteiger partial charge in [0.15, 0.2) is 0 Å². The quantitative estimate of drug-likeness (QED) is 0.264. The number of hydrogen-bond donors (Lipinski definition) is 1. The van der Waals surface area contributed by atoms with Crippen LogP contribution in [0.15, 0.2) is 146 Å². The van der Waals surface area contributed by atoms with Crippen LogP contribution in [0.4, 0.5) is 11.4 Å². The fourth-order valence-corrected chi connectivity index (χ4v) is 6.72. The molecule has 2 aliphatic rings. The van der Waals surface area contributed by atoms with E-state index in [0.717, 1.165) is 11.4 Å². The molecule has 6 aromatic carbocycles. The largest absolute Gasteiger partial charge is 0.356 e. The summed E-state index contributed by atoms with van der Waals surface area (Å²) in [6.45, 7) is 0. The molecule has 0 heterocycles. The Morgan fingerprint density at radius 2 is 0.789 bits per heavy atom. The normalized spacial score (nSPS) is 13.5. The zero-order chi connectivity index (χ0) is 25.1. The van der Waals surface area contributed by atoms with E-state index in [1.165, 1.54) is 55.6 Å². The molecule has 0 aliphatic heterocycles. The second-order valence-electron chi connectivity index (χ2n) is 10.2. The van der Waals surface area contributed by atoms with Gasteiger partial charge in [0, 0.05) is 11.4 Å². The predicted molar refractivity (Wildman–Crippen MR) is 158 cm³/mol. The Kier molecular flexibility index (Phi) is 4.50. The van der Waals surface area contributed by atoms with Crippen LogP contribution in [0.5, 0.6) is 0 Å². The van der Waals surface area contributed by atoms with Gasteiger partial charge in [-0.3, -0.25) is 0 Å². The third-order valence-electron chi connectivity index (χ3n) is 8.28. The van der Waals surface area contributed by atoms with Crippen molar-refractivity contribution in [2.45, 2.75) is 5.41 Å². The Hall–Kier alpha value is -4.88. The van der Waals surface area contributed by atoms with E-state index in [1.807, 2.05) is 0 Å². The van der Waals surface area contributed by atoms with Crippen molar-refractivity contribution in [2.75, 3.05) is 5.32 Å². The molecule has 178 valence electrons. The maximum Gasteiger partial charge on any atom is 0.0726 e. The van der Waals surface area contributed by atoms with E-state index in [4.69, 9.17) is 0 Å². The van der Waals surface area contributed by atoms with Crippen molar-refractivity contribution in [1.82, 2.24) is 0 Å². The van der Waals surface area contributed by atoms with Crippen molar-refractivity contribution in [1.29, 1.82) is 0 Å². The first-order valence-electron chi connectivity index (χ1n) is 13.2. The first kappa shape index (κ1) is 21.2. The van der Waals surface area contributed by atoms with E-state index in [2.05, 4.69) is 151 Å². The highest BCUT2D eigenvalue weighted by molar-refractivity contribution is 5.95. The highest BCUT2D eigenvalue weighted by Gasteiger charge is 2.51. The summed E-state index contributed by atoms with van der Waals surface area (Å²) >= 11 is 0. The van der Waals surface area contributed by atoms with Crippen molar-refractivity contribution >= 4 is 11.4 Å². The fourth-order valence-electron chi connectivity index (χ4n) is 6.72. The van der Waals surface area contributed by atoms with Gasteiger partial charge in [0.25, 0.3) is 0 Å². The van der Waals surface area contributed by atoms with Gasteiger partial charge in [-0.1, -0.05) is 121 Å². The SMILES string of the molecule is c1ccc(-c2ccc(Nc3ccc4c(c3)C3(c5ccccc5-c5ccccc53)c3ccccc3-4)cc2)cc1. The van der Waals surface area contributed by atoms with Crippen LogP contribution in [0.25, 0.3) is 33.4 Å². The summed E-state index contributed by atoms with van der Waals surface area (Å²) in [6, 6.07) is 53.0.